The van der Waals surface area contributed by atoms with Gasteiger partial charge in [-0.1, -0.05) is 36.4 Å². The van der Waals surface area contributed by atoms with Crippen LogP contribution < -0.4 is 4.74 Å². The number of fused-ring (bicyclic) bond motifs is 2. The number of carbonyl (C=O) groups excluding carboxylic acids is 1. The average molecular weight is 254 g/mol. The van der Waals surface area contributed by atoms with Gasteiger partial charge in [-0.25, -0.2) is 4.79 Å². The van der Waals surface area contributed by atoms with Gasteiger partial charge in [-0.3, -0.25) is 4.79 Å². The Hall–Kier alpha value is -2.62. The zero-order valence-corrected chi connectivity index (χ0v) is 9.87. The number of carboxylic acid groups (broad SMARTS) is 1. The molecule has 0 saturated heterocycles. The van der Waals surface area contributed by atoms with E-state index in [-0.39, 0.29) is 0 Å². The molecule has 1 aliphatic heterocycles. The smallest absolute Gasteiger partial charge is 0.373 e. The summed E-state index contributed by atoms with van der Waals surface area (Å²) in [4.78, 5) is 23.0. The lowest BCUT2D eigenvalue weighted by molar-refractivity contribution is -0.149. The van der Waals surface area contributed by atoms with Crippen LogP contribution in [0.5, 0.6) is 11.5 Å². The number of para-hydroxylation sites is 2. The lowest BCUT2D eigenvalue weighted by Gasteiger charge is -2.26. The average Bonchev–Trinajstić information content (AvgIpc) is 2.43. The second kappa shape index (κ2) is 4.24. The Labute approximate surface area is 109 Å². The fraction of sp³-hybridized carbons (Fsp3) is 0.0667. The number of Topliss-reactive ketones (excluding diaryl/α,β-unsaturated/α-hetero) is 1. The fourth-order valence-electron chi connectivity index (χ4n) is 2.32. The van der Waals surface area contributed by atoms with E-state index in [1.54, 1.807) is 48.5 Å². The molecule has 1 aliphatic rings. The molecule has 0 atom stereocenters. The highest BCUT2D eigenvalue weighted by Gasteiger charge is 2.35. The van der Waals surface area contributed by atoms with Gasteiger partial charge in [-0.15, -0.1) is 0 Å². The van der Waals surface area contributed by atoms with Gasteiger partial charge in [0, 0.05) is 11.1 Å². The molecular weight excluding hydrogens is 244 g/mol. The minimum Gasteiger partial charge on any atom is -0.475 e. The molecular formula is C15H10O4. The lowest BCUT2D eigenvalue weighted by Crippen LogP contribution is -2.25. The molecule has 94 valence electrons. The van der Waals surface area contributed by atoms with Crippen molar-refractivity contribution < 1.29 is 19.4 Å². The molecule has 1 heterocycles. The summed E-state index contributed by atoms with van der Waals surface area (Å²) in [5, 5.41) is 9.00. The molecule has 2 aromatic rings. The second-order valence-corrected chi connectivity index (χ2v) is 4.28. The highest BCUT2D eigenvalue weighted by molar-refractivity contribution is 6.36. The lowest BCUT2D eigenvalue weighted by atomic mass is 9.85. The fourth-order valence-corrected chi connectivity index (χ4v) is 2.32. The van der Waals surface area contributed by atoms with E-state index in [0.29, 0.717) is 22.6 Å². The van der Waals surface area contributed by atoms with Gasteiger partial charge in [0.15, 0.2) is 0 Å². The SMILES string of the molecule is O=C(O)C(=O)C1c2ccccc2Oc2ccccc21. The Morgan fingerprint density at radius 2 is 1.37 bits per heavy atom. The molecule has 0 bridgehead atoms. The van der Waals surface area contributed by atoms with Gasteiger partial charge in [0.05, 0.1) is 5.92 Å². The van der Waals surface area contributed by atoms with Gasteiger partial charge in [-0.2, -0.15) is 0 Å². The first-order chi connectivity index (χ1) is 9.18. The molecule has 4 nitrogen and oxygen atoms in total. The molecule has 1 N–H and O–H groups in total. The van der Waals surface area contributed by atoms with Gasteiger partial charge in [0.1, 0.15) is 11.5 Å². The van der Waals surface area contributed by atoms with Gasteiger partial charge < -0.3 is 9.84 Å². The summed E-state index contributed by atoms with van der Waals surface area (Å²) in [6.45, 7) is 0. The number of ether oxygens (including phenoxy) is 1. The van der Waals surface area contributed by atoms with Crippen molar-refractivity contribution >= 4 is 11.8 Å². The van der Waals surface area contributed by atoms with Crippen molar-refractivity contribution in [2.75, 3.05) is 0 Å². The predicted molar refractivity (Wildman–Crippen MR) is 67.4 cm³/mol. The van der Waals surface area contributed by atoms with E-state index < -0.39 is 17.7 Å². The van der Waals surface area contributed by atoms with Crippen molar-refractivity contribution in [2.24, 2.45) is 0 Å². The minimum atomic E-state index is -1.43. The van der Waals surface area contributed by atoms with Crippen LogP contribution in [0.15, 0.2) is 48.5 Å². The molecule has 2 aromatic carbocycles. The zero-order chi connectivity index (χ0) is 13.4. The van der Waals surface area contributed by atoms with Crippen LogP contribution >= 0.6 is 0 Å². The zero-order valence-electron chi connectivity index (χ0n) is 9.87. The van der Waals surface area contributed by atoms with Crippen molar-refractivity contribution in [3.63, 3.8) is 0 Å². The molecule has 3 rings (SSSR count). The summed E-state index contributed by atoms with van der Waals surface area (Å²) in [6, 6.07) is 14.0. The van der Waals surface area contributed by atoms with Crippen LogP contribution in [0, 0.1) is 0 Å². The summed E-state index contributed by atoms with van der Waals surface area (Å²) in [7, 11) is 0. The predicted octanol–water partition coefficient (Wildman–Crippen LogP) is 2.58. The number of hydrogen-bond acceptors (Lipinski definition) is 3. The Balaban J connectivity index is 2.22. The van der Waals surface area contributed by atoms with Crippen LogP contribution in [0.2, 0.25) is 0 Å². The summed E-state index contributed by atoms with van der Waals surface area (Å²) in [5.41, 5.74) is 1.18. The molecule has 19 heavy (non-hydrogen) atoms. The highest BCUT2D eigenvalue weighted by Crippen LogP contribution is 2.44. The van der Waals surface area contributed by atoms with E-state index in [0.717, 1.165) is 0 Å². The third-order valence-electron chi connectivity index (χ3n) is 3.15. The van der Waals surface area contributed by atoms with Gasteiger partial charge in [0.2, 0.25) is 0 Å². The summed E-state index contributed by atoms with van der Waals surface area (Å²) >= 11 is 0. The number of aliphatic carboxylic acids is 1. The molecule has 0 spiro atoms. The number of benzene rings is 2. The Morgan fingerprint density at radius 3 is 1.84 bits per heavy atom. The maximum Gasteiger partial charge on any atom is 0.373 e. The van der Waals surface area contributed by atoms with Crippen molar-refractivity contribution in [3.05, 3.63) is 59.7 Å². The molecule has 0 saturated carbocycles. The number of ketones is 1. The van der Waals surface area contributed by atoms with Crippen LogP contribution in [-0.4, -0.2) is 16.9 Å². The van der Waals surface area contributed by atoms with Crippen LogP contribution in [0.3, 0.4) is 0 Å². The minimum absolute atomic E-state index is 0.529. The Bertz CT molecular complexity index is 630. The van der Waals surface area contributed by atoms with E-state index in [4.69, 9.17) is 9.84 Å². The molecule has 0 unspecified atom stereocenters. The molecule has 0 radical (unpaired) electrons. The Kier molecular flexibility index (Phi) is 2.56. The Morgan fingerprint density at radius 1 is 0.895 bits per heavy atom. The second-order valence-electron chi connectivity index (χ2n) is 4.28. The highest BCUT2D eigenvalue weighted by atomic mass is 16.5. The van der Waals surface area contributed by atoms with Gasteiger partial charge in [0.25, 0.3) is 5.78 Å². The van der Waals surface area contributed by atoms with E-state index in [1.807, 2.05) is 0 Å². The van der Waals surface area contributed by atoms with E-state index >= 15 is 0 Å². The molecule has 0 amide bonds. The summed E-state index contributed by atoms with van der Waals surface area (Å²) in [5.74, 6) is -2.03. The largest absolute Gasteiger partial charge is 0.475 e. The normalized spacial score (nSPS) is 13.1. The van der Waals surface area contributed by atoms with Gasteiger partial charge in [-0.05, 0) is 12.1 Å². The summed E-state index contributed by atoms with van der Waals surface area (Å²) in [6.07, 6.45) is 0. The summed E-state index contributed by atoms with van der Waals surface area (Å²) < 4.78 is 5.69. The molecule has 0 aliphatic carbocycles. The van der Waals surface area contributed by atoms with E-state index in [2.05, 4.69) is 0 Å². The maximum atomic E-state index is 12.0. The van der Waals surface area contributed by atoms with Crippen LogP contribution in [0.4, 0.5) is 0 Å². The van der Waals surface area contributed by atoms with Crippen LogP contribution in [0.1, 0.15) is 17.0 Å². The molecule has 4 heteroatoms. The topological polar surface area (TPSA) is 63.6 Å². The third-order valence-corrected chi connectivity index (χ3v) is 3.15. The first-order valence-electron chi connectivity index (χ1n) is 5.81. The van der Waals surface area contributed by atoms with Crippen molar-refractivity contribution in [1.82, 2.24) is 0 Å². The number of rotatable bonds is 2. The van der Waals surface area contributed by atoms with Gasteiger partial charge >= 0.3 is 5.97 Å². The monoisotopic (exact) mass is 254 g/mol. The first kappa shape index (κ1) is 11.5. The van der Waals surface area contributed by atoms with Crippen molar-refractivity contribution in [1.29, 1.82) is 0 Å². The number of carbonyl (C=O) groups is 2. The molecule has 0 fully saturated rings. The van der Waals surface area contributed by atoms with Crippen molar-refractivity contribution in [3.8, 4) is 11.5 Å². The number of hydrogen-bond donors (Lipinski definition) is 1. The molecule has 0 aromatic heterocycles. The standard InChI is InChI=1S/C15H10O4/c16-14(15(17)18)13-9-5-1-3-7-11(9)19-12-8-4-2-6-10(12)13/h1-8,13H,(H,17,18). The maximum absolute atomic E-state index is 12.0. The van der Waals surface area contributed by atoms with Crippen molar-refractivity contribution in [2.45, 2.75) is 5.92 Å². The van der Waals surface area contributed by atoms with Crippen LogP contribution in [0.25, 0.3) is 0 Å². The number of carboxylic acids is 1. The first-order valence-corrected chi connectivity index (χ1v) is 5.81. The van der Waals surface area contributed by atoms with E-state index in [9.17, 15) is 9.59 Å². The van der Waals surface area contributed by atoms with E-state index in [1.165, 1.54) is 0 Å². The van der Waals surface area contributed by atoms with Crippen LogP contribution in [-0.2, 0) is 9.59 Å². The quantitative estimate of drug-likeness (QED) is 0.836. The third kappa shape index (κ3) is 1.78.